The summed E-state index contributed by atoms with van der Waals surface area (Å²) in [5, 5.41) is 3.29. The molecule has 1 aromatic rings. The largest absolute Gasteiger partial charge is 0.319 e. The minimum Gasteiger partial charge on any atom is -0.319 e. The third-order valence-electron chi connectivity index (χ3n) is 4.11. The summed E-state index contributed by atoms with van der Waals surface area (Å²) in [6.45, 7) is 7.33. The van der Waals surface area contributed by atoms with E-state index in [1.165, 1.54) is 44.6 Å². The van der Waals surface area contributed by atoms with Gasteiger partial charge in [-0.3, -0.25) is 0 Å². The van der Waals surface area contributed by atoms with E-state index in [0.29, 0.717) is 5.92 Å². The average molecular weight is 246 g/mol. The van der Waals surface area contributed by atoms with E-state index in [1.54, 1.807) is 0 Å². The highest BCUT2D eigenvalue weighted by Gasteiger charge is 2.21. The minimum absolute atomic E-state index is 0.676. The summed E-state index contributed by atoms with van der Waals surface area (Å²) in [7, 11) is 2.06. The number of nitrogens with one attached hydrogen (secondary N) is 1. The van der Waals surface area contributed by atoms with Crippen LogP contribution in [0.5, 0.6) is 0 Å². The lowest BCUT2D eigenvalue weighted by atomic mass is 9.98. The van der Waals surface area contributed by atoms with Crippen LogP contribution in [0.2, 0.25) is 0 Å². The molecule has 2 nitrogen and oxygen atoms in total. The van der Waals surface area contributed by atoms with Crippen LogP contribution in [0.4, 0.5) is 0 Å². The lowest BCUT2D eigenvalue weighted by molar-refractivity contribution is 0.310. The highest BCUT2D eigenvalue weighted by molar-refractivity contribution is 5.18. The second-order valence-corrected chi connectivity index (χ2v) is 5.61. The Bertz CT molecular complexity index is 336. The van der Waals surface area contributed by atoms with E-state index in [2.05, 4.69) is 54.5 Å². The molecule has 0 bridgehead atoms. The molecule has 1 aliphatic heterocycles. The Labute approximate surface area is 111 Å². The quantitative estimate of drug-likeness (QED) is 0.830. The van der Waals surface area contributed by atoms with Crippen LogP contribution in [0.25, 0.3) is 0 Å². The van der Waals surface area contributed by atoms with Gasteiger partial charge in [-0.1, -0.05) is 37.3 Å². The highest BCUT2D eigenvalue weighted by Crippen LogP contribution is 2.21. The van der Waals surface area contributed by atoms with Crippen LogP contribution in [-0.2, 0) is 0 Å². The average Bonchev–Trinajstić information content (AvgIpc) is 2.85. The smallest absolute Gasteiger partial charge is 0.00223 e. The summed E-state index contributed by atoms with van der Waals surface area (Å²) < 4.78 is 0. The first-order valence-electron chi connectivity index (χ1n) is 7.21. The van der Waals surface area contributed by atoms with E-state index < -0.39 is 0 Å². The van der Waals surface area contributed by atoms with Crippen molar-refractivity contribution in [2.75, 3.05) is 33.2 Å². The van der Waals surface area contributed by atoms with E-state index in [-0.39, 0.29) is 0 Å². The zero-order valence-electron chi connectivity index (χ0n) is 11.7. The van der Waals surface area contributed by atoms with Crippen molar-refractivity contribution in [1.82, 2.24) is 10.2 Å². The fourth-order valence-electron chi connectivity index (χ4n) is 2.90. The second kappa shape index (κ2) is 6.91. The number of likely N-dealkylation sites (tertiary alicyclic amines) is 1. The fourth-order valence-corrected chi connectivity index (χ4v) is 2.90. The topological polar surface area (TPSA) is 15.3 Å². The monoisotopic (exact) mass is 246 g/mol. The van der Waals surface area contributed by atoms with Crippen molar-refractivity contribution in [3.8, 4) is 0 Å². The molecule has 100 valence electrons. The normalized spacial score (nSPS) is 22.2. The first-order valence-corrected chi connectivity index (χ1v) is 7.21. The zero-order chi connectivity index (χ0) is 12.8. The lowest BCUT2D eigenvalue weighted by Crippen LogP contribution is -2.26. The van der Waals surface area contributed by atoms with Gasteiger partial charge in [-0.15, -0.1) is 0 Å². The lowest BCUT2D eigenvalue weighted by Gasteiger charge is -2.19. The van der Waals surface area contributed by atoms with E-state index in [1.807, 2.05) is 0 Å². The van der Waals surface area contributed by atoms with Crippen LogP contribution in [-0.4, -0.2) is 38.1 Å². The summed E-state index contributed by atoms with van der Waals surface area (Å²) in [6.07, 6.45) is 2.64. The first-order chi connectivity index (χ1) is 8.79. The standard InChI is InChI=1S/C16H26N2/c1-14(16-6-4-3-5-7-16)8-10-18-11-9-15(13-18)12-17-2/h3-7,14-15,17H,8-13H2,1-2H3. The molecule has 1 N–H and O–H groups in total. The molecule has 1 heterocycles. The number of hydrogen-bond acceptors (Lipinski definition) is 2. The van der Waals surface area contributed by atoms with Gasteiger partial charge in [0.1, 0.15) is 0 Å². The molecule has 0 aromatic heterocycles. The van der Waals surface area contributed by atoms with Crippen LogP contribution in [0.15, 0.2) is 30.3 Å². The fraction of sp³-hybridized carbons (Fsp3) is 0.625. The molecule has 0 spiro atoms. The minimum atomic E-state index is 0.676. The van der Waals surface area contributed by atoms with Crippen LogP contribution < -0.4 is 5.32 Å². The van der Waals surface area contributed by atoms with Crippen molar-refractivity contribution in [2.24, 2.45) is 5.92 Å². The molecule has 1 saturated heterocycles. The van der Waals surface area contributed by atoms with Crippen LogP contribution in [0.1, 0.15) is 31.2 Å². The predicted octanol–water partition coefficient (Wildman–Crippen LogP) is 2.72. The number of nitrogens with zero attached hydrogens (tertiary/aromatic N) is 1. The van der Waals surface area contributed by atoms with Gasteiger partial charge < -0.3 is 10.2 Å². The van der Waals surface area contributed by atoms with Gasteiger partial charge in [0, 0.05) is 6.54 Å². The van der Waals surface area contributed by atoms with Gasteiger partial charge >= 0.3 is 0 Å². The molecule has 18 heavy (non-hydrogen) atoms. The number of hydrogen-bond donors (Lipinski definition) is 1. The van der Waals surface area contributed by atoms with Crippen molar-refractivity contribution >= 4 is 0 Å². The van der Waals surface area contributed by atoms with Gasteiger partial charge in [0.15, 0.2) is 0 Å². The van der Waals surface area contributed by atoms with E-state index in [9.17, 15) is 0 Å². The van der Waals surface area contributed by atoms with Gasteiger partial charge in [0.25, 0.3) is 0 Å². The number of rotatable bonds is 6. The maximum Gasteiger partial charge on any atom is 0.00223 e. The molecule has 1 aromatic carbocycles. The van der Waals surface area contributed by atoms with Crippen molar-refractivity contribution in [3.63, 3.8) is 0 Å². The maximum absolute atomic E-state index is 3.29. The molecular weight excluding hydrogens is 220 g/mol. The second-order valence-electron chi connectivity index (χ2n) is 5.61. The molecule has 0 amide bonds. The van der Waals surface area contributed by atoms with E-state index in [0.717, 1.165) is 5.92 Å². The summed E-state index contributed by atoms with van der Waals surface area (Å²) in [5.74, 6) is 1.54. The van der Waals surface area contributed by atoms with Gasteiger partial charge in [0.2, 0.25) is 0 Å². The van der Waals surface area contributed by atoms with Gasteiger partial charge in [0.05, 0.1) is 0 Å². The molecular formula is C16H26N2. The molecule has 2 atom stereocenters. The Morgan fingerprint density at radius 3 is 2.83 bits per heavy atom. The Hall–Kier alpha value is -0.860. The Balaban J connectivity index is 1.72. The summed E-state index contributed by atoms with van der Waals surface area (Å²) in [4.78, 5) is 2.63. The maximum atomic E-state index is 3.29. The Kier molecular flexibility index (Phi) is 5.21. The molecule has 2 heteroatoms. The Morgan fingerprint density at radius 1 is 1.33 bits per heavy atom. The van der Waals surface area contributed by atoms with Crippen LogP contribution in [0, 0.1) is 5.92 Å². The van der Waals surface area contributed by atoms with Crippen LogP contribution >= 0.6 is 0 Å². The predicted molar refractivity (Wildman–Crippen MR) is 77.9 cm³/mol. The molecule has 0 aliphatic carbocycles. The third kappa shape index (κ3) is 3.82. The van der Waals surface area contributed by atoms with Gasteiger partial charge in [-0.2, -0.15) is 0 Å². The highest BCUT2D eigenvalue weighted by atomic mass is 15.1. The molecule has 1 aliphatic rings. The molecule has 2 unspecified atom stereocenters. The molecule has 0 saturated carbocycles. The number of benzene rings is 1. The molecule has 1 fully saturated rings. The summed E-state index contributed by atoms with van der Waals surface area (Å²) >= 11 is 0. The SMILES string of the molecule is CNCC1CCN(CCC(C)c2ccccc2)C1. The van der Waals surface area contributed by atoms with Crippen molar-refractivity contribution in [2.45, 2.75) is 25.7 Å². The van der Waals surface area contributed by atoms with Crippen LogP contribution in [0.3, 0.4) is 0 Å². The molecule has 2 rings (SSSR count). The summed E-state index contributed by atoms with van der Waals surface area (Å²) in [6, 6.07) is 10.9. The van der Waals surface area contributed by atoms with Gasteiger partial charge in [-0.25, -0.2) is 0 Å². The van der Waals surface area contributed by atoms with Crippen molar-refractivity contribution < 1.29 is 0 Å². The van der Waals surface area contributed by atoms with Crippen molar-refractivity contribution in [1.29, 1.82) is 0 Å². The first kappa shape index (κ1) is 13.6. The Morgan fingerprint density at radius 2 is 2.11 bits per heavy atom. The summed E-state index contributed by atoms with van der Waals surface area (Å²) in [5.41, 5.74) is 1.48. The van der Waals surface area contributed by atoms with Crippen molar-refractivity contribution in [3.05, 3.63) is 35.9 Å². The van der Waals surface area contributed by atoms with E-state index >= 15 is 0 Å². The third-order valence-corrected chi connectivity index (χ3v) is 4.11. The van der Waals surface area contributed by atoms with Gasteiger partial charge in [-0.05, 0) is 56.9 Å². The van der Waals surface area contributed by atoms with E-state index in [4.69, 9.17) is 0 Å². The molecule has 0 radical (unpaired) electrons. The zero-order valence-corrected chi connectivity index (χ0v) is 11.7.